The van der Waals surface area contributed by atoms with Crippen molar-refractivity contribution in [2.45, 2.75) is 44.7 Å². The van der Waals surface area contributed by atoms with Crippen LogP contribution in [0.1, 0.15) is 37.7 Å². The zero-order chi connectivity index (χ0) is 15.1. The van der Waals surface area contributed by atoms with Crippen molar-refractivity contribution >= 4 is 0 Å². The Labute approximate surface area is 128 Å². The number of rotatable bonds is 7. The Morgan fingerprint density at radius 3 is 2.33 bits per heavy atom. The van der Waals surface area contributed by atoms with Crippen LogP contribution in [0.5, 0.6) is 6.01 Å². The predicted molar refractivity (Wildman–Crippen MR) is 84.4 cm³/mol. The van der Waals surface area contributed by atoms with Crippen LogP contribution in [0.2, 0.25) is 0 Å². The molecule has 1 saturated carbocycles. The summed E-state index contributed by atoms with van der Waals surface area (Å²) in [5.74, 6) is 0. The van der Waals surface area contributed by atoms with E-state index >= 15 is 0 Å². The van der Waals surface area contributed by atoms with E-state index in [0.717, 1.165) is 19.6 Å². The number of nitrogens with zero attached hydrogens (tertiary/aromatic N) is 4. The zero-order valence-electron chi connectivity index (χ0n) is 13.6. The maximum Gasteiger partial charge on any atom is 0.316 e. The lowest BCUT2D eigenvalue weighted by Gasteiger charge is -2.35. The highest BCUT2D eigenvalue weighted by atomic mass is 16.5. The molecule has 2 rings (SSSR count). The van der Waals surface area contributed by atoms with E-state index in [0.29, 0.717) is 12.1 Å². The molecular weight excluding hydrogens is 264 g/mol. The molecule has 0 N–H and O–H groups in total. The van der Waals surface area contributed by atoms with Crippen molar-refractivity contribution in [2.24, 2.45) is 0 Å². The van der Waals surface area contributed by atoms with Crippen molar-refractivity contribution in [3.63, 3.8) is 0 Å². The first-order chi connectivity index (χ1) is 10.2. The summed E-state index contributed by atoms with van der Waals surface area (Å²) in [6.07, 6.45) is 10.5. The first kappa shape index (κ1) is 16.2. The number of ether oxygens (including phenoxy) is 1. The van der Waals surface area contributed by atoms with Gasteiger partial charge in [0.15, 0.2) is 0 Å². The Bertz CT molecular complexity index is 401. The summed E-state index contributed by atoms with van der Waals surface area (Å²) in [6.45, 7) is 3.12. The van der Waals surface area contributed by atoms with Crippen molar-refractivity contribution in [2.75, 3.05) is 34.3 Å². The summed E-state index contributed by atoms with van der Waals surface area (Å²) in [4.78, 5) is 13.3. The second kappa shape index (κ2) is 8.29. The Kier molecular flexibility index (Phi) is 6.39. The molecule has 1 aliphatic carbocycles. The van der Waals surface area contributed by atoms with E-state index in [1.807, 2.05) is 12.4 Å². The molecule has 0 atom stereocenters. The third-order valence-corrected chi connectivity index (χ3v) is 4.18. The summed E-state index contributed by atoms with van der Waals surface area (Å²) in [5.41, 5.74) is 1.17. The molecule has 5 nitrogen and oxygen atoms in total. The first-order valence-electron chi connectivity index (χ1n) is 7.92. The topological polar surface area (TPSA) is 41.5 Å². The molecule has 0 bridgehead atoms. The SMILES string of the molecule is COc1ncc(CN(CCN(C)C)C2CCCCC2)cn1. The molecule has 1 fully saturated rings. The summed E-state index contributed by atoms with van der Waals surface area (Å²) in [5, 5.41) is 0. The molecule has 1 aromatic heterocycles. The molecule has 1 heterocycles. The fraction of sp³-hybridized carbons (Fsp3) is 0.750. The smallest absolute Gasteiger partial charge is 0.316 e. The van der Waals surface area contributed by atoms with Crippen molar-refractivity contribution in [3.8, 4) is 6.01 Å². The third kappa shape index (κ3) is 5.25. The number of aromatic nitrogens is 2. The second-order valence-corrected chi connectivity index (χ2v) is 6.14. The molecule has 118 valence electrons. The van der Waals surface area contributed by atoms with Crippen LogP contribution in [0.4, 0.5) is 0 Å². The lowest BCUT2D eigenvalue weighted by molar-refractivity contribution is 0.136. The van der Waals surface area contributed by atoms with E-state index in [9.17, 15) is 0 Å². The summed E-state index contributed by atoms with van der Waals surface area (Å²) >= 11 is 0. The molecular formula is C16H28N4O. The zero-order valence-corrected chi connectivity index (χ0v) is 13.6. The molecule has 0 unspecified atom stereocenters. The van der Waals surface area contributed by atoms with Gasteiger partial charge >= 0.3 is 6.01 Å². The minimum atomic E-state index is 0.441. The van der Waals surface area contributed by atoms with Gasteiger partial charge in [0.05, 0.1) is 7.11 Å². The molecule has 0 radical (unpaired) electrons. The van der Waals surface area contributed by atoms with Crippen LogP contribution in [0.25, 0.3) is 0 Å². The van der Waals surface area contributed by atoms with Crippen LogP contribution in [-0.4, -0.2) is 60.1 Å². The maximum absolute atomic E-state index is 5.03. The monoisotopic (exact) mass is 292 g/mol. The second-order valence-electron chi connectivity index (χ2n) is 6.14. The van der Waals surface area contributed by atoms with Crippen molar-refractivity contribution in [1.29, 1.82) is 0 Å². The van der Waals surface area contributed by atoms with Crippen LogP contribution in [0.3, 0.4) is 0 Å². The van der Waals surface area contributed by atoms with Gasteiger partial charge in [-0.1, -0.05) is 19.3 Å². The quantitative estimate of drug-likeness (QED) is 0.770. The van der Waals surface area contributed by atoms with Crippen LogP contribution in [-0.2, 0) is 6.54 Å². The lowest BCUT2D eigenvalue weighted by Crippen LogP contribution is -2.40. The summed E-state index contributed by atoms with van der Waals surface area (Å²) < 4.78 is 5.03. The van der Waals surface area contributed by atoms with Gasteiger partial charge in [0.2, 0.25) is 0 Å². The summed E-state index contributed by atoms with van der Waals surface area (Å²) in [7, 11) is 5.87. The molecule has 0 spiro atoms. The van der Waals surface area contributed by atoms with Gasteiger partial charge in [-0.25, -0.2) is 9.97 Å². The van der Waals surface area contributed by atoms with Gasteiger partial charge in [-0.05, 0) is 26.9 Å². The Morgan fingerprint density at radius 1 is 1.10 bits per heavy atom. The standard InChI is InChI=1S/C16H28N4O/c1-19(2)9-10-20(15-7-5-4-6-8-15)13-14-11-17-16(21-3)18-12-14/h11-12,15H,4-10,13H2,1-3H3. The molecule has 1 aromatic rings. The van der Waals surface area contributed by atoms with Crippen molar-refractivity contribution in [3.05, 3.63) is 18.0 Å². The molecule has 0 amide bonds. The average molecular weight is 292 g/mol. The van der Waals surface area contributed by atoms with Crippen molar-refractivity contribution in [1.82, 2.24) is 19.8 Å². The number of likely N-dealkylation sites (N-methyl/N-ethyl adjacent to an activating group) is 1. The average Bonchev–Trinajstić information content (AvgIpc) is 2.52. The molecule has 0 aliphatic heterocycles. The normalized spacial score (nSPS) is 16.6. The minimum Gasteiger partial charge on any atom is -0.467 e. The van der Waals surface area contributed by atoms with E-state index < -0.39 is 0 Å². The van der Waals surface area contributed by atoms with E-state index in [4.69, 9.17) is 4.74 Å². The van der Waals surface area contributed by atoms with Gasteiger partial charge in [0.1, 0.15) is 0 Å². The van der Waals surface area contributed by atoms with Gasteiger partial charge in [0, 0.05) is 43.6 Å². The molecule has 0 aromatic carbocycles. The van der Waals surface area contributed by atoms with Crippen LogP contribution in [0.15, 0.2) is 12.4 Å². The van der Waals surface area contributed by atoms with Crippen LogP contribution in [0, 0.1) is 0 Å². The Hall–Kier alpha value is -1.20. The van der Waals surface area contributed by atoms with Crippen molar-refractivity contribution < 1.29 is 4.74 Å². The summed E-state index contributed by atoms with van der Waals surface area (Å²) in [6, 6.07) is 1.15. The van der Waals surface area contributed by atoms with Crippen LogP contribution >= 0.6 is 0 Å². The van der Waals surface area contributed by atoms with Crippen LogP contribution < -0.4 is 4.74 Å². The predicted octanol–water partition coefficient (Wildman–Crippen LogP) is 2.18. The number of hydrogen-bond donors (Lipinski definition) is 0. The van der Waals surface area contributed by atoms with Gasteiger partial charge < -0.3 is 9.64 Å². The third-order valence-electron chi connectivity index (χ3n) is 4.18. The van der Waals surface area contributed by atoms with Gasteiger partial charge in [-0.2, -0.15) is 0 Å². The minimum absolute atomic E-state index is 0.441. The molecule has 5 heteroatoms. The van der Waals surface area contributed by atoms with E-state index in [2.05, 4.69) is 33.9 Å². The number of methoxy groups -OCH3 is 1. The highest BCUT2D eigenvalue weighted by Gasteiger charge is 2.21. The maximum atomic E-state index is 5.03. The van der Waals surface area contributed by atoms with E-state index in [1.165, 1.54) is 37.7 Å². The first-order valence-corrected chi connectivity index (χ1v) is 7.92. The molecule has 1 aliphatic rings. The highest BCUT2D eigenvalue weighted by Crippen LogP contribution is 2.23. The fourth-order valence-corrected chi connectivity index (χ4v) is 2.93. The largest absolute Gasteiger partial charge is 0.467 e. The number of hydrogen-bond acceptors (Lipinski definition) is 5. The Morgan fingerprint density at radius 2 is 1.76 bits per heavy atom. The van der Waals surface area contributed by atoms with E-state index in [-0.39, 0.29) is 0 Å². The van der Waals surface area contributed by atoms with E-state index in [1.54, 1.807) is 7.11 Å². The fourth-order valence-electron chi connectivity index (χ4n) is 2.93. The van der Waals surface area contributed by atoms with Gasteiger partial charge in [-0.3, -0.25) is 4.90 Å². The van der Waals surface area contributed by atoms with Gasteiger partial charge in [0.25, 0.3) is 0 Å². The lowest BCUT2D eigenvalue weighted by atomic mass is 9.94. The van der Waals surface area contributed by atoms with Gasteiger partial charge in [-0.15, -0.1) is 0 Å². The highest BCUT2D eigenvalue weighted by molar-refractivity contribution is 5.07. The molecule has 0 saturated heterocycles. The molecule has 21 heavy (non-hydrogen) atoms. The Balaban J connectivity index is 1.98.